The Morgan fingerprint density at radius 2 is 2.10 bits per heavy atom. The van der Waals surface area contributed by atoms with E-state index in [0.29, 0.717) is 6.29 Å². The smallest absolute Gasteiger partial charge is 0.122 e. The summed E-state index contributed by atoms with van der Waals surface area (Å²) in [4.78, 5) is 9.85. The van der Waals surface area contributed by atoms with Gasteiger partial charge in [0.2, 0.25) is 0 Å². The van der Waals surface area contributed by atoms with Gasteiger partial charge in [-0.15, -0.1) is 0 Å². The maximum Gasteiger partial charge on any atom is 0.122 e. The molecule has 0 unspecified atom stereocenters. The van der Waals surface area contributed by atoms with Crippen molar-refractivity contribution < 1.29 is 15.0 Å². The molecule has 10 heavy (non-hydrogen) atoms. The van der Waals surface area contributed by atoms with Gasteiger partial charge in [0.05, 0.1) is 18.2 Å². The van der Waals surface area contributed by atoms with Crippen LogP contribution in [0.25, 0.3) is 0 Å². The van der Waals surface area contributed by atoms with Crippen LogP contribution in [0.3, 0.4) is 0 Å². The lowest BCUT2D eigenvalue weighted by molar-refractivity contribution is -0.110. The zero-order chi connectivity index (χ0) is 8.15. The number of carbonyl (C=O) groups is 1. The SMILES string of the molecule is C[C@@H](O)[C@@H](N)[C@H](O)CC=O. The molecule has 0 aromatic carbocycles. The zero-order valence-corrected chi connectivity index (χ0v) is 5.90. The van der Waals surface area contributed by atoms with Crippen molar-refractivity contribution in [1.29, 1.82) is 0 Å². The minimum absolute atomic E-state index is 0.0218. The fourth-order valence-electron chi connectivity index (χ4n) is 0.577. The molecule has 0 fully saturated rings. The molecular formula is C6H13NO3. The summed E-state index contributed by atoms with van der Waals surface area (Å²) in [5, 5.41) is 17.8. The topological polar surface area (TPSA) is 83.6 Å². The molecule has 0 bridgehead atoms. The summed E-state index contributed by atoms with van der Waals surface area (Å²) in [6.07, 6.45) is -1.16. The summed E-state index contributed by atoms with van der Waals surface area (Å²) in [7, 11) is 0. The van der Waals surface area contributed by atoms with Crippen LogP contribution in [0.1, 0.15) is 13.3 Å². The van der Waals surface area contributed by atoms with Crippen LogP contribution in [0.2, 0.25) is 0 Å². The number of aliphatic hydroxyl groups is 2. The highest BCUT2D eigenvalue weighted by atomic mass is 16.3. The molecule has 0 aliphatic carbocycles. The molecule has 60 valence electrons. The summed E-state index contributed by atoms with van der Waals surface area (Å²) < 4.78 is 0. The molecule has 4 nitrogen and oxygen atoms in total. The van der Waals surface area contributed by atoms with Crippen LogP contribution in [0.4, 0.5) is 0 Å². The lowest BCUT2D eigenvalue weighted by Gasteiger charge is -2.18. The molecule has 4 heteroatoms. The number of rotatable bonds is 4. The van der Waals surface area contributed by atoms with Crippen LogP contribution in [0.5, 0.6) is 0 Å². The highest BCUT2D eigenvalue weighted by Gasteiger charge is 2.18. The van der Waals surface area contributed by atoms with Crippen molar-refractivity contribution in [2.45, 2.75) is 31.6 Å². The van der Waals surface area contributed by atoms with E-state index in [0.717, 1.165) is 0 Å². The van der Waals surface area contributed by atoms with Gasteiger partial charge in [-0.2, -0.15) is 0 Å². The molecule has 0 radical (unpaired) electrons. The molecule has 0 aliphatic heterocycles. The van der Waals surface area contributed by atoms with Gasteiger partial charge in [-0.3, -0.25) is 0 Å². The van der Waals surface area contributed by atoms with Crippen LogP contribution < -0.4 is 5.73 Å². The quantitative estimate of drug-likeness (QED) is 0.429. The van der Waals surface area contributed by atoms with E-state index in [1.807, 2.05) is 0 Å². The Labute approximate surface area is 59.7 Å². The van der Waals surface area contributed by atoms with Gasteiger partial charge in [-0.05, 0) is 6.92 Å². The maximum absolute atomic E-state index is 9.85. The molecule has 0 aromatic heterocycles. The summed E-state index contributed by atoms with van der Waals surface area (Å²) in [6, 6.07) is -0.731. The van der Waals surface area contributed by atoms with Gasteiger partial charge < -0.3 is 20.7 Å². The third-order valence-electron chi connectivity index (χ3n) is 1.34. The zero-order valence-electron chi connectivity index (χ0n) is 5.90. The van der Waals surface area contributed by atoms with Gasteiger partial charge in [0.25, 0.3) is 0 Å². The maximum atomic E-state index is 9.85. The molecule has 0 saturated heterocycles. The number of aldehydes is 1. The minimum Gasteiger partial charge on any atom is -0.392 e. The standard InChI is InChI=1S/C6H13NO3/c1-4(9)6(7)5(10)2-3-8/h3-6,9-10H,2,7H2,1H3/t4-,5-,6-/m1/s1. The van der Waals surface area contributed by atoms with Gasteiger partial charge in [0.15, 0.2) is 0 Å². The molecule has 0 heterocycles. The first kappa shape index (κ1) is 9.55. The van der Waals surface area contributed by atoms with Crippen LogP contribution in [-0.2, 0) is 4.79 Å². The van der Waals surface area contributed by atoms with Gasteiger partial charge in [-0.1, -0.05) is 0 Å². The van der Waals surface area contributed by atoms with Crippen LogP contribution in [-0.4, -0.2) is 34.7 Å². The van der Waals surface area contributed by atoms with Gasteiger partial charge in [0, 0.05) is 6.42 Å². The fraction of sp³-hybridized carbons (Fsp3) is 0.833. The molecule has 0 amide bonds. The predicted molar refractivity (Wildman–Crippen MR) is 36.3 cm³/mol. The highest BCUT2D eigenvalue weighted by Crippen LogP contribution is 1.98. The Kier molecular flexibility index (Phi) is 4.18. The van der Waals surface area contributed by atoms with E-state index in [4.69, 9.17) is 15.9 Å². The minimum atomic E-state index is -0.933. The molecule has 4 N–H and O–H groups in total. The Hall–Kier alpha value is -0.450. The van der Waals surface area contributed by atoms with Gasteiger partial charge in [-0.25, -0.2) is 0 Å². The third-order valence-corrected chi connectivity index (χ3v) is 1.34. The predicted octanol–water partition coefficient (Wildman–Crippen LogP) is -1.36. The van der Waals surface area contributed by atoms with Crippen molar-refractivity contribution in [2.75, 3.05) is 0 Å². The van der Waals surface area contributed by atoms with E-state index in [2.05, 4.69) is 0 Å². The average Bonchev–Trinajstić information content (AvgIpc) is 1.87. The van der Waals surface area contributed by atoms with E-state index >= 15 is 0 Å². The van der Waals surface area contributed by atoms with E-state index in [1.165, 1.54) is 6.92 Å². The Morgan fingerprint density at radius 3 is 2.40 bits per heavy atom. The Balaban J connectivity index is 3.68. The lowest BCUT2D eigenvalue weighted by Crippen LogP contribution is -2.43. The van der Waals surface area contributed by atoms with Crippen molar-refractivity contribution in [3.8, 4) is 0 Å². The van der Waals surface area contributed by atoms with E-state index in [-0.39, 0.29) is 6.42 Å². The lowest BCUT2D eigenvalue weighted by atomic mass is 10.1. The van der Waals surface area contributed by atoms with Gasteiger partial charge >= 0.3 is 0 Å². The molecule has 0 aliphatic rings. The number of hydrogen-bond acceptors (Lipinski definition) is 4. The third kappa shape index (κ3) is 2.91. The summed E-state index contributed by atoms with van der Waals surface area (Å²) in [6.45, 7) is 1.47. The average molecular weight is 147 g/mol. The van der Waals surface area contributed by atoms with Crippen molar-refractivity contribution in [1.82, 2.24) is 0 Å². The van der Waals surface area contributed by atoms with E-state index in [9.17, 15) is 4.79 Å². The summed E-state index contributed by atoms with van der Waals surface area (Å²) in [5.41, 5.74) is 5.29. The molecule has 0 spiro atoms. The van der Waals surface area contributed by atoms with Crippen LogP contribution in [0.15, 0.2) is 0 Å². The second-order valence-corrected chi connectivity index (χ2v) is 2.29. The monoisotopic (exact) mass is 147 g/mol. The molecule has 3 atom stereocenters. The Morgan fingerprint density at radius 1 is 1.60 bits per heavy atom. The van der Waals surface area contributed by atoms with Gasteiger partial charge in [0.1, 0.15) is 6.29 Å². The fourth-order valence-corrected chi connectivity index (χ4v) is 0.577. The van der Waals surface area contributed by atoms with Crippen LogP contribution >= 0.6 is 0 Å². The molecular weight excluding hydrogens is 134 g/mol. The van der Waals surface area contributed by atoms with Crippen molar-refractivity contribution >= 4 is 6.29 Å². The number of aliphatic hydroxyl groups excluding tert-OH is 2. The largest absolute Gasteiger partial charge is 0.392 e. The first-order chi connectivity index (χ1) is 4.59. The van der Waals surface area contributed by atoms with Crippen molar-refractivity contribution in [2.24, 2.45) is 5.73 Å². The van der Waals surface area contributed by atoms with E-state index < -0.39 is 18.2 Å². The van der Waals surface area contributed by atoms with Crippen molar-refractivity contribution in [3.05, 3.63) is 0 Å². The number of carbonyl (C=O) groups excluding carboxylic acids is 1. The molecule has 0 saturated carbocycles. The summed E-state index contributed by atoms with van der Waals surface area (Å²) in [5.74, 6) is 0. The summed E-state index contributed by atoms with van der Waals surface area (Å²) >= 11 is 0. The van der Waals surface area contributed by atoms with Crippen molar-refractivity contribution in [3.63, 3.8) is 0 Å². The van der Waals surface area contributed by atoms with Crippen LogP contribution in [0, 0.1) is 0 Å². The Bertz CT molecular complexity index is 105. The normalized spacial score (nSPS) is 19.6. The molecule has 0 aromatic rings. The molecule has 0 rings (SSSR count). The van der Waals surface area contributed by atoms with E-state index in [1.54, 1.807) is 0 Å². The second-order valence-electron chi connectivity index (χ2n) is 2.29. The first-order valence-corrected chi connectivity index (χ1v) is 3.15. The number of hydrogen-bond donors (Lipinski definition) is 3. The second kappa shape index (κ2) is 4.38. The number of nitrogens with two attached hydrogens (primary N) is 1. The first-order valence-electron chi connectivity index (χ1n) is 3.15. The highest BCUT2D eigenvalue weighted by molar-refractivity contribution is 5.50.